The Labute approximate surface area is 100 Å². The van der Waals surface area contributed by atoms with Gasteiger partial charge in [0, 0.05) is 18.9 Å². The number of rotatable bonds is 3. The van der Waals surface area contributed by atoms with Gasteiger partial charge in [0.15, 0.2) is 0 Å². The molecule has 0 aromatic carbocycles. The summed E-state index contributed by atoms with van der Waals surface area (Å²) in [6, 6.07) is 0. The average molecular weight is 241 g/mol. The molecule has 1 aromatic rings. The number of aryl methyl sites for hydroxylation is 1. The van der Waals surface area contributed by atoms with E-state index in [-0.39, 0.29) is 0 Å². The van der Waals surface area contributed by atoms with Crippen LogP contribution in [-0.2, 0) is 11.2 Å². The molecule has 4 heteroatoms. The van der Waals surface area contributed by atoms with Crippen molar-refractivity contribution in [2.24, 2.45) is 0 Å². The minimum absolute atomic E-state index is 0.331. The fourth-order valence-corrected chi connectivity index (χ4v) is 2.98. The SMILES string of the molecule is COC1CCC(O)(Cc2csc(C)n2)CC1. The quantitative estimate of drug-likeness (QED) is 0.883. The van der Waals surface area contributed by atoms with E-state index in [1.54, 1.807) is 18.4 Å². The van der Waals surface area contributed by atoms with E-state index in [0.717, 1.165) is 36.4 Å². The summed E-state index contributed by atoms with van der Waals surface area (Å²) in [4.78, 5) is 4.42. The van der Waals surface area contributed by atoms with E-state index in [4.69, 9.17) is 4.74 Å². The molecule has 0 aliphatic heterocycles. The number of ether oxygens (including phenoxy) is 1. The molecule has 1 aromatic heterocycles. The van der Waals surface area contributed by atoms with Crippen LogP contribution in [0.5, 0.6) is 0 Å². The number of aliphatic hydroxyl groups is 1. The average Bonchev–Trinajstić information content (AvgIpc) is 2.64. The van der Waals surface area contributed by atoms with Gasteiger partial charge in [-0.1, -0.05) is 0 Å². The standard InChI is InChI=1S/C12H19NO2S/c1-9-13-10(8-16-9)7-12(14)5-3-11(15-2)4-6-12/h8,11,14H,3-7H2,1-2H3. The number of hydrogen-bond acceptors (Lipinski definition) is 4. The van der Waals surface area contributed by atoms with Crippen LogP contribution in [0, 0.1) is 6.92 Å². The molecule has 2 rings (SSSR count). The van der Waals surface area contributed by atoms with Crippen LogP contribution in [0.2, 0.25) is 0 Å². The van der Waals surface area contributed by atoms with E-state index in [9.17, 15) is 5.11 Å². The first-order valence-corrected chi connectivity index (χ1v) is 6.65. The Hall–Kier alpha value is -0.450. The molecule has 0 saturated heterocycles. The second-order valence-electron chi connectivity index (χ2n) is 4.69. The molecule has 0 bridgehead atoms. The fraction of sp³-hybridized carbons (Fsp3) is 0.750. The Balaban J connectivity index is 1.94. The summed E-state index contributed by atoms with van der Waals surface area (Å²) >= 11 is 1.65. The minimum Gasteiger partial charge on any atom is -0.389 e. The van der Waals surface area contributed by atoms with Crippen LogP contribution in [0.4, 0.5) is 0 Å². The molecule has 1 saturated carbocycles. The summed E-state index contributed by atoms with van der Waals surface area (Å²) in [5.74, 6) is 0. The Morgan fingerprint density at radius 2 is 2.25 bits per heavy atom. The fourth-order valence-electron chi connectivity index (χ4n) is 2.37. The monoisotopic (exact) mass is 241 g/mol. The molecule has 1 fully saturated rings. The molecular weight excluding hydrogens is 222 g/mol. The Morgan fingerprint density at radius 1 is 1.56 bits per heavy atom. The maximum atomic E-state index is 10.5. The zero-order valence-corrected chi connectivity index (χ0v) is 10.7. The third kappa shape index (κ3) is 2.81. The van der Waals surface area contributed by atoms with Crippen molar-refractivity contribution < 1.29 is 9.84 Å². The van der Waals surface area contributed by atoms with Crippen molar-refractivity contribution in [2.45, 2.75) is 50.7 Å². The molecule has 1 aliphatic rings. The number of nitrogens with zero attached hydrogens (tertiary/aromatic N) is 1. The highest BCUT2D eigenvalue weighted by molar-refractivity contribution is 7.09. The second-order valence-corrected chi connectivity index (χ2v) is 5.76. The van der Waals surface area contributed by atoms with Crippen molar-refractivity contribution in [3.05, 3.63) is 16.1 Å². The van der Waals surface area contributed by atoms with Crippen LogP contribution in [0.3, 0.4) is 0 Å². The van der Waals surface area contributed by atoms with Crippen LogP contribution < -0.4 is 0 Å². The van der Waals surface area contributed by atoms with Gasteiger partial charge in [0.2, 0.25) is 0 Å². The molecule has 90 valence electrons. The lowest BCUT2D eigenvalue weighted by Crippen LogP contribution is -2.38. The smallest absolute Gasteiger partial charge is 0.0897 e. The molecule has 3 nitrogen and oxygen atoms in total. The number of methoxy groups -OCH3 is 1. The Morgan fingerprint density at radius 3 is 2.75 bits per heavy atom. The van der Waals surface area contributed by atoms with Gasteiger partial charge < -0.3 is 9.84 Å². The third-order valence-electron chi connectivity index (χ3n) is 3.37. The lowest BCUT2D eigenvalue weighted by molar-refractivity contribution is -0.0431. The van der Waals surface area contributed by atoms with Gasteiger partial charge in [-0.25, -0.2) is 4.98 Å². The van der Waals surface area contributed by atoms with Crippen LogP contribution in [0.1, 0.15) is 36.4 Å². The number of aromatic nitrogens is 1. The highest BCUT2D eigenvalue weighted by Gasteiger charge is 2.33. The molecule has 1 aliphatic carbocycles. The largest absolute Gasteiger partial charge is 0.389 e. The molecule has 0 atom stereocenters. The van der Waals surface area contributed by atoms with E-state index >= 15 is 0 Å². The van der Waals surface area contributed by atoms with E-state index in [2.05, 4.69) is 10.4 Å². The predicted octanol–water partition coefficient (Wildman–Crippen LogP) is 2.31. The van der Waals surface area contributed by atoms with Gasteiger partial charge in [-0.05, 0) is 32.6 Å². The highest BCUT2D eigenvalue weighted by atomic mass is 32.1. The Kier molecular flexibility index (Phi) is 3.62. The van der Waals surface area contributed by atoms with E-state index in [1.165, 1.54) is 0 Å². The first kappa shape index (κ1) is 12.0. The second kappa shape index (κ2) is 4.82. The van der Waals surface area contributed by atoms with Gasteiger partial charge in [-0.2, -0.15) is 0 Å². The van der Waals surface area contributed by atoms with Crippen molar-refractivity contribution in [3.63, 3.8) is 0 Å². The predicted molar refractivity (Wildman–Crippen MR) is 64.8 cm³/mol. The lowest BCUT2D eigenvalue weighted by Gasteiger charge is -2.35. The van der Waals surface area contributed by atoms with Crippen molar-refractivity contribution in [2.75, 3.05) is 7.11 Å². The lowest BCUT2D eigenvalue weighted by atomic mass is 9.80. The summed E-state index contributed by atoms with van der Waals surface area (Å²) in [7, 11) is 1.75. The molecule has 0 spiro atoms. The zero-order valence-electron chi connectivity index (χ0n) is 9.90. The maximum absolute atomic E-state index is 10.5. The summed E-state index contributed by atoms with van der Waals surface area (Å²) < 4.78 is 5.31. The third-order valence-corrected chi connectivity index (χ3v) is 4.20. The van der Waals surface area contributed by atoms with E-state index in [0.29, 0.717) is 12.5 Å². The van der Waals surface area contributed by atoms with Gasteiger partial charge in [-0.15, -0.1) is 11.3 Å². The van der Waals surface area contributed by atoms with Crippen molar-refractivity contribution in [1.82, 2.24) is 4.98 Å². The molecule has 1 N–H and O–H groups in total. The molecule has 0 amide bonds. The zero-order chi connectivity index (χ0) is 11.6. The number of thiazole rings is 1. The molecular formula is C12H19NO2S. The van der Waals surface area contributed by atoms with Gasteiger partial charge >= 0.3 is 0 Å². The molecule has 0 unspecified atom stereocenters. The molecule has 0 radical (unpaired) electrons. The van der Waals surface area contributed by atoms with Crippen molar-refractivity contribution in [3.8, 4) is 0 Å². The van der Waals surface area contributed by atoms with Crippen LogP contribution in [0.15, 0.2) is 5.38 Å². The van der Waals surface area contributed by atoms with E-state index < -0.39 is 5.60 Å². The first-order chi connectivity index (χ1) is 7.61. The van der Waals surface area contributed by atoms with Gasteiger partial charge in [0.25, 0.3) is 0 Å². The van der Waals surface area contributed by atoms with E-state index in [1.807, 2.05) is 6.92 Å². The van der Waals surface area contributed by atoms with Gasteiger partial charge in [0.05, 0.1) is 22.4 Å². The molecule has 1 heterocycles. The normalized spacial score (nSPS) is 30.6. The summed E-state index contributed by atoms with van der Waals surface area (Å²) in [6.07, 6.45) is 4.57. The first-order valence-electron chi connectivity index (χ1n) is 5.77. The highest BCUT2D eigenvalue weighted by Crippen LogP contribution is 2.32. The van der Waals surface area contributed by atoms with Crippen molar-refractivity contribution in [1.29, 1.82) is 0 Å². The van der Waals surface area contributed by atoms with Crippen LogP contribution >= 0.6 is 11.3 Å². The topological polar surface area (TPSA) is 42.4 Å². The maximum Gasteiger partial charge on any atom is 0.0897 e. The summed E-state index contributed by atoms with van der Waals surface area (Å²) in [5, 5.41) is 13.6. The van der Waals surface area contributed by atoms with Gasteiger partial charge in [-0.3, -0.25) is 0 Å². The number of hydrogen-bond donors (Lipinski definition) is 1. The summed E-state index contributed by atoms with van der Waals surface area (Å²) in [6.45, 7) is 2.00. The minimum atomic E-state index is -0.560. The van der Waals surface area contributed by atoms with Crippen LogP contribution in [-0.4, -0.2) is 28.9 Å². The van der Waals surface area contributed by atoms with Crippen molar-refractivity contribution >= 4 is 11.3 Å². The van der Waals surface area contributed by atoms with Crippen LogP contribution in [0.25, 0.3) is 0 Å². The Bertz CT molecular complexity index is 343. The molecule has 16 heavy (non-hydrogen) atoms. The summed E-state index contributed by atoms with van der Waals surface area (Å²) in [5.41, 5.74) is 0.469. The van der Waals surface area contributed by atoms with Gasteiger partial charge in [0.1, 0.15) is 0 Å².